The Hall–Kier alpha value is 0.640. The van der Waals surface area contributed by atoms with Crippen molar-refractivity contribution < 1.29 is 4.74 Å². The van der Waals surface area contributed by atoms with Gasteiger partial charge in [-0.05, 0) is 97.8 Å². The third-order valence-corrected chi connectivity index (χ3v) is 6.66. The molecule has 2 aromatic carbocycles. The standard InChI is InChI=1S/C12H5Br5O/c13-6-3-1-2-4-9(6)18-12-10(16)7(14)5-8(15)11(12)17/h1-5H. The van der Waals surface area contributed by atoms with Crippen LogP contribution < -0.4 is 4.74 Å². The van der Waals surface area contributed by atoms with Crippen LogP contribution >= 0.6 is 79.6 Å². The van der Waals surface area contributed by atoms with Crippen molar-refractivity contribution in [1.29, 1.82) is 0 Å². The average molecular weight is 565 g/mol. The molecule has 0 amide bonds. The first kappa shape index (κ1) is 15.0. The van der Waals surface area contributed by atoms with Gasteiger partial charge < -0.3 is 4.74 Å². The fourth-order valence-electron chi connectivity index (χ4n) is 1.28. The number of hydrogen-bond donors (Lipinski definition) is 0. The molecule has 0 radical (unpaired) electrons. The zero-order valence-corrected chi connectivity index (χ0v) is 16.6. The topological polar surface area (TPSA) is 9.23 Å². The maximum atomic E-state index is 5.93. The van der Waals surface area contributed by atoms with Crippen LogP contribution in [-0.2, 0) is 0 Å². The molecular formula is C12H5Br5O. The molecule has 0 unspecified atom stereocenters. The summed E-state index contributed by atoms with van der Waals surface area (Å²) in [6.07, 6.45) is 0. The van der Waals surface area contributed by atoms with E-state index >= 15 is 0 Å². The van der Waals surface area contributed by atoms with Gasteiger partial charge in [0.1, 0.15) is 5.75 Å². The first-order chi connectivity index (χ1) is 8.50. The van der Waals surface area contributed by atoms with Gasteiger partial charge >= 0.3 is 0 Å². The highest BCUT2D eigenvalue weighted by molar-refractivity contribution is 9.14. The lowest BCUT2D eigenvalue weighted by Crippen LogP contribution is -1.90. The second-order valence-corrected chi connectivity index (χ2v) is 7.48. The van der Waals surface area contributed by atoms with Gasteiger partial charge in [-0.15, -0.1) is 0 Å². The van der Waals surface area contributed by atoms with Gasteiger partial charge in [-0.1, -0.05) is 12.1 Å². The Kier molecular flexibility index (Phi) is 5.34. The molecular weight excluding hydrogens is 560 g/mol. The summed E-state index contributed by atoms with van der Waals surface area (Å²) in [6, 6.07) is 9.65. The van der Waals surface area contributed by atoms with Gasteiger partial charge in [-0.2, -0.15) is 0 Å². The van der Waals surface area contributed by atoms with E-state index in [9.17, 15) is 0 Å². The summed E-state index contributed by atoms with van der Waals surface area (Å²) in [6.45, 7) is 0. The van der Waals surface area contributed by atoms with Crippen molar-refractivity contribution in [3.8, 4) is 11.5 Å². The number of benzene rings is 2. The molecule has 0 atom stereocenters. The van der Waals surface area contributed by atoms with E-state index in [-0.39, 0.29) is 0 Å². The molecule has 0 bridgehead atoms. The molecule has 2 rings (SSSR count). The van der Waals surface area contributed by atoms with Crippen molar-refractivity contribution in [3.63, 3.8) is 0 Å². The number of hydrogen-bond acceptors (Lipinski definition) is 1. The van der Waals surface area contributed by atoms with Gasteiger partial charge in [0.05, 0.1) is 13.4 Å². The van der Waals surface area contributed by atoms with Gasteiger partial charge in [-0.3, -0.25) is 0 Å². The van der Waals surface area contributed by atoms with Gasteiger partial charge in [0.15, 0.2) is 5.75 Å². The van der Waals surface area contributed by atoms with Gasteiger partial charge in [0, 0.05) is 8.95 Å². The quantitative estimate of drug-likeness (QED) is 0.348. The molecule has 0 aliphatic rings. The van der Waals surface area contributed by atoms with Crippen LogP contribution in [0.1, 0.15) is 0 Å². The third-order valence-electron chi connectivity index (χ3n) is 2.12. The zero-order valence-electron chi connectivity index (χ0n) is 8.68. The van der Waals surface area contributed by atoms with Crippen LogP contribution in [0, 0.1) is 0 Å². The highest BCUT2D eigenvalue weighted by Gasteiger charge is 2.15. The van der Waals surface area contributed by atoms with Crippen molar-refractivity contribution in [2.24, 2.45) is 0 Å². The lowest BCUT2D eigenvalue weighted by Gasteiger charge is -2.13. The van der Waals surface area contributed by atoms with E-state index in [0.717, 1.165) is 28.1 Å². The van der Waals surface area contributed by atoms with E-state index in [1.807, 2.05) is 30.3 Å². The Balaban J connectivity index is 2.50. The molecule has 6 heteroatoms. The summed E-state index contributed by atoms with van der Waals surface area (Å²) < 4.78 is 10.4. The minimum atomic E-state index is 0.711. The van der Waals surface area contributed by atoms with Gasteiger partial charge in [0.2, 0.25) is 0 Å². The Morgan fingerprint density at radius 3 is 1.83 bits per heavy atom. The first-order valence-corrected chi connectivity index (χ1v) is 8.72. The van der Waals surface area contributed by atoms with Crippen molar-refractivity contribution >= 4 is 79.6 Å². The number of para-hydroxylation sites is 1. The minimum absolute atomic E-state index is 0.711. The maximum Gasteiger partial charge on any atom is 0.158 e. The van der Waals surface area contributed by atoms with Gasteiger partial charge in [-0.25, -0.2) is 0 Å². The van der Waals surface area contributed by atoms with E-state index in [1.54, 1.807) is 0 Å². The first-order valence-electron chi connectivity index (χ1n) is 4.76. The molecule has 0 fully saturated rings. The molecule has 1 nitrogen and oxygen atoms in total. The molecule has 94 valence electrons. The molecule has 0 aliphatic heterocycles. The molecule has 0 N–H and O–H groups in total. The highest BCUT2D eigenvalue weighted by atomic mass is 79.9. The molecule has 0 saturated heterocycles. The normalized spacial score (nSPS) is 10.5. The summed E-state index contributed by atoms with van der Waals surface area (Å²) in [5.74, 6) is 1.46. The average Bonchev–Trinajstić information content (AvgIpc) is 2.34. The monoisotopic (exact) mass is 560 g/mol. The predicted octanol–water partition coefficient (Wildman–Crippen LogP) is 7.29. The summed E-state index contributed by atoms with van der Waals surface area (Å²) in [5.41, 5.74) is 0. The Morgan fingerprint density at radius 1 is 0.722 bits per heavy atom. The lowest BCUT2D eigenvalue weighted by atomic mass is 10.3. The molecule has 0 saturated carbocycles. The van der Waals surface area contributed by atoms with E-state index < -0.39 is 0 Å². The molecule has 0 aromatic heterocycles. The van der Waals surface area contributed by atoms with E-state index in [4.69, 9.17) is 4.74 Å². The maximum absolute atomic E-state index is 5.93. The van der Waals surface area contributed by atoms with Crippen LogP contribution in [-0.4, -0.2) is 0 Å². The van der Waals surface area contributed by atoms with E-state index in [2.05, 4.69) is 79.6 Å². The van der Waals surface area contributed by atoms with Crippen molar-refractivity contribution in [3.05, 3.63) is 52.7 Å². The van der Waals surface area contributed by atoms with Crippen molar-refractivity contribution in [2.75, 3.05) is 0 Å². The number of ether oxygens (including phenoxy) is 1. The van der Waals surface area contributed by atoms with E-state index in [0.29, 0.717) is 5.75 Å². The number of rotatable bonds is 2. The van der Waals surface area contributed by atoms with Crippen LogP contribution in [0.15, 0.2) is 52.7 Å². The second-order valence-electron chi connectivity index (χ2n) is 3.33. The highest BCUT2D eigenvalue weighted by Crippen LogP contribution is 2.45. The van der Waals surface area contributed by atoms with Crippen LogP contribution in [0.2, 0.25) is 0 Å². The predicted molar refractivity (Wildman–Crippen MR) is 91.5 cm³/mol. The van der Waals surface area contributed by atoms with E-state index in [1.165, 1.54) is 0 Å². The Morgan fingerprint density at radius 2 is 1.28 bits per heavy atom. The fourth-order valence-corrected chi connectivity index (χ4v) is 3.82. The zero-order chi connectivity index (χ0) is 13.3. The third kappa shape index (κ3) is 3.20. The largest absolute Gasteiger partial charge is 0.454 e. The summed E-state index contributed by atoms with van der Waals surface area (Å²) in [5, 5.41) is 0. The molecule has 2 aromatic rings. The fraction of sp³-hybridized carbons (Fsp3) is 0. The summed E-state index contributed by atoms with van der Waals surface area (Å²) >= 11 is 17.4. The molecule has 0 spiro atoms. The second kappa shape index (κ2) is 6.39. The van der Waals surface area contributed by atoms with Crippen LogP contribution in [0.4, 0.5) is 0 Å². The molecule has 0 heterocycles. The summed E-state index contributed by atoms with van der Waals surface area (Å²) in [7, 11) is 0. The van der Waals surface area contributed by atoms with Crippen molar-refractivity contribution in [1.82, 2.24) is 0 Å². The Labute approximate surface area is 147 Å². The number of halogens is 5. The Bertz CT molecular complexity index is 571. The minimum Gasteiger partial charge on any atom is -0.454 e. The molecule has 0 aliphatic carbocycles. The summed E-state index contributed by atoms with van der Waals surface area (Å²) in [4.78, 5) is 0. The van der Waals surface area contributed by atoms with Crippen LogP contribution in [0.25, 0.3) is 0 Å². The van der Waals surface area contributed by atoms with Crippen LogP contribution in [0.5, 0.6) is 11.5 Å². The van der Waals surface area contributed by atoms with Gasteiger partial charge in [0.25, 0.3) is 0 Å². The van der Waals surface area contributed by atoms with Crippen molar-refractivity contribution in [2.45, 2.75) is 0 Å². The molecule has 18 heavy (non-hydrogen) atoms. The smallest absolute Gasteiger partial charge is 0.158 e. The SMILES string of the molecule is Brc1ccccc1Oc1c(Br)c(Br)cc(Br)c1Br. The van der Waals surface area contributed by atoms with Crippen LogP contribution in [0.3, 0.4) is 0 Å². The lowest BCUT2D eigenvalue weighted by molar-refractivity contribution is 0.472.